The minimum Gasteiger partial charge on any atom is -0.406 e. The standard InChI is InChI=1S/C10H6F3NOS/c11-10(12,13)15-8-2-4-9(5-3-8)16-7-1-6-14/h1-5,7H. The summed E-state index contributed by atoms with van der Waals surface area (Å²) in [6, 6.07) is 7.20. The van der Waals surface area contributed by atoms with Crippen LogP contribution < -0.4 is 4.74 Å². The molecular formula is C10H6F3NOS. The third-order valence-electron chi connectivity index (χ3n) is 1.40. The summed E-state index contributed by atoms with van der Waals surface area (Å²) in [7, 11) is 0. The summed E-state index contributed by atoms with van der Waals surface area (Å²) in [5.41, 5.74) is 0. The molecule has 0 amide bonds. The first kappa shape index (κ1) is 12.5. The van der Waals surface area contributed by atoms with E-state index in [0.717, 1.165) is 4.90 Å². The zero-order valence-electron chi connectivity index (χ0n) is 7.86. The molecule has 1 rings (SSSR count). The van der Waals surface area contributed by atoms with Gasteiger partial charge in [-0.05, 0) is 29.7 Å². The van der Waals surface area contributed by atoms with Crippen molar-refractivity contribution in [2.24, 2.45) is 0 Å². The molecule has 0 heterocycles. The van der Waals surface area contributed by atoms with Gasteiger partial charge in [0.1, 0.15) is 5.75 Å². The summed E-state index contributed by atoms with van der Waals surface area (Å²) < 4.78 is 39.1. The predicted molar refractivity (Wildman–Crippen MR) is 53.7 cm³/mol. The smallest absolute Gasteiger partial charge is 0.406 e. The van der Waals surface area contributed by atoms with E-state index in [1.54, 1.807) is 11.5 Å². The van der Waals surface area contributed by atoms with Gasteiger partial charge in [-0.3, -0.25) is 0 Å². The fourth-order valence-corrected chi connectivity index (χ4v) is 1.44. The van der Waals surface area contributed by atoms with E-state index in [1.165, 1.54) is 42.1 Å². The topological polar surface area (TPSA) is 33.0 Å². The highest BCUT2D eigenvalue weighted by Crippen LogP contribution is 2.26. The van der Waals surface area contributed by atoms with Crippen LogP contribution in [0.5, 0.6) is 5.75 Å². The molecule has 0 aromatic heterocycles. The fourth-order valence-electron chi connectivity index (χ4n) is 0.863. The molecular weight excluding hydrogens is 239 g/mol. The number of halogens is 3. The minimum absolute atomic E-state index is 0.263. The highest BCUT2D eigenvalue weighted by atomic mass is 32.2. The summed E-state index contributed by atoms with van der Waals surface area (Å²) >= 11 is 1.23. The minimum atomic E-state index is -4.67. The second kappa shape index (κ2) is 5.47. The first-order valence-corrected chi connectivity index (χ1v) is 4.96. The van der Waals surface area contributed by atoms with E-state index in [9.17, 15) is 13.2 Å². The van der Waals surface area contributed by atoms with E-state index in [1.807, 2.05) is 0 Å². The Hall–Kier alpha value is -1.61. The molecule has 84 valence electrons. The van der Waals surface area contributed by atoms with Gasteiger partial charge in [-0.15, -0.1) is 13.2 Å². The molecule has 16 heavy (non-hydrogen) atoms. The summed E-state index contributed by atoms with van der Waals surface area (Å²) in [5.74, 6) is -0.263. The second-order valence-corrected chi connectivity index (χ2v) is 3.55. The zero-order chi connectivity index (χ0) is 12.0. The maximum atomic E-state index is 11.8. The number of alkyl halides is 3. The van der Waals surface area contributed by atoms with Crippen molar-refractivity contribution in [1.82, 2.24) is 0 Å². The Balaban J connectivity index is 2.62. The zero-order valence-corrected chi connectivity index (χ0v) is 8.68. The molecule has 0 bridgehead atoms. The van der Waals surface area contributed by atoms with E-state index in [2.05, 4.69) is 4.74 Å². The SMILES string of the molecule is N#CC=CSc1ccc(OC(F)(F)F)cc1. The number of nitriles is 1. The average Bonchev–Trinajstić information content (AvgIpc) is 2.19. The van der Waals surface area contributed by atoms with Crippen molar-refractivity contribution < 1.29 is 17.9 Å². The van der Waals surface area contributed by atoms with E-state index in [4.69, 9.17) is 5.26 Å². The predicted octanol–water partition coefficient (Wildman–Crippen LogP) is 3.71. The summed E-state index contributed by atoms with van der Waals surface area (Å²) in [6.45, 7) is 0. The van der Waals surface area contributed by atoms with Gasteiger partial charge in [-0.1, -0.05) is 11.8 Å². The van der Waals surface area contributed by atoms with Gasteiger partial charge in [0, 0.05) is 11.0 Å². The first-order chi connectivity index (χ1) is 7.51. The van der Waals surface area contributed by atoms with Crippen molar-refractivity contribution in [3.8, 4) is 11.8 Å². The number of ether oxygens (including phenoxy) is 1. The molecule has 0 saturated heterocycles. The molecule has 0 unspecified atom stereocenters. The maximum absolute atomic E-state index is 11.8. The van der Waals surface area contributed by atoms with Gasteiger partial charge in [0.05, 0.1) is 6.07 Å². The first-order valence-electron chi connectivity index (χ1n) is 4.08. The van der Waals surface area contributed by atoms with E-state index >= 15 is 0 Å². The number of hydrogen-bond donors (Lipinski definition) is 0. The van der Waals surface area contributed by atoms with Crippen molar-refractivity contribution in [3.05, 3.63) is 35.7 Å². The lowest BCUT2D eigenvalue weighted by molar-refractivity contribution is -0.274. The Labute approximate surface area is 94.3 Å². The third kappa shape index (κ3) is 4.75. The Morgan fingerprint density at radius 3 is 2.38 bits per heavy atom. The van der Waals surface area contributed by atoms with Crippen LogP contribution in [0.4, 0.5) is 13.2 Å². The highest BCUT2D eigenvalue weighted by Gasteiger charge is 2.30. The van der Waals surface area contributed by atoms with Gasteiger partial charge in [0.25, 0.3) is 0 Å². The lowest BCUT2D eigenvalue weighted by Gasteiger charge is -2.08. The van der Waals surface area contributed by atoms with Crippen LogP contribution in [0.15, 0.2) is 40.6 Å². The quantitative estimate of drug-likeness (QED) is 0.601. The number of rotatable bonds is 3. The molecule has 2 nitrogen and oxygen atoms in total. The third-order valence-corrected chi connectivity index (χ3v) is 2.22. The van der Waals surface area contributed by atoms with Crippen molar-refractivity contribution in [2.75, 3.05) is 0 Å². The van der Waals surface area contributed by atoms with E-state index in [-0.39, 0.29) is 5.75 Å². The normalized spacial score (nSPS) is 11.4. The molecule has 0 N–H and O–H groups in total. The monoisotopic (exact) mass is 245 g/mol. The van der Waals surface area contributed by atoms with Gasteiger partial charge < -0.3 is 4.74 Å². The molecule has 0 aliphatic heterocycles. The molecule has 0 atom stereocenters. The Kier molecular flexibility index (Phi) is 4.26. The lowest BCUT2D eigenvalue weighted by Crippen LogP contribution is -2.16. The molecule has 0 saturated carbocycles. The molecule has 0 radical (unpaired) electrons. The molecule has 1 aromatic carbocycles. The second-order valence-electron chi connectivity index (χ2n) is 2.57. The number of hydrogen-bond acceptors (Lipinski definition) is 3. The number of benzene rings is 1. The van der Waals surface area contributed by atoms with Gasteiger partial charge in [0.15, 0.2) is 0 Å². The van der Waals surface area contributed by atoms with Crippen LogP contribution in [-0.2, 0) is 0 Å². The average molecular weight is 245 g/mol. The Morgan fingerprint density at radius 1 is 1.25 bits per heavy atom. The lowest BCUT2D eigenvalue weighted by atomic mass is 10.3. The van der Waals surface area contributed by atoms with Gasteiger partial charge in [0.2, 0.25) is 0 Å². The van der Waals surface area contributed by atoms with Crippen LogP contribution in [0.2, 0.25) is 0 Å². The molecule has 0 aliphatic rings. The van der Waals surface area contributed by atoms with Crippen molar-refractivity contribution in [3.63, 3.8) is 0 Å². The Bertz CT molecular complexity index is 406. The van der Waals surface area contributed by atoms with Crippen LogP contribution in [0.3, 0.4) is 0 Å². The largest absolute Gasteiger partial charge is 0.573 e. The molecule has 0 aliphatic carbocycles. The molecule has 1 aromatic rings. The summed E-state index contributed by atoms with van der Waals surface area (Å²) in [5, 5.41) is 9.76. The van der Waals surface area contributed by atoms with Gasteiger partial charge in [-0.2, -0.15) is 5.26 Å². The van der Waals surface area contributed by atoms with Crippen LogP contribution in [-0.4, -0.2) is 6.36 Å². The van der Waals surface area contributed by atoms with Crippen LogP contribution in [0, 0.1) is 11.3 Å². The van der Waals surface area contributed by atoms with Crippen molar-refractivity contribution >= 4 is 11.8 Å². The van der Waals surface area contributed by atoms with Gasteiger partial charge in [-0.25, -0.2) is 0 Å². The van der Waals surface area contributed by atoms with Gasteiger partial charge >= 0.3 is 6.36 Å². The molecule has 6 heteroatoms. The van der Waals surface area contributed by atoms with E-state index < -0.39 is 6.36 Å². The summed E-state index contributed by atoms with van der Waals surface area (Å²) in [4.78, 5) is 0.723. The van der Waals surface area contributed by atoms with Crippen LogP contribution >= 0.6 is 11.8 Å². The number of allylic oxidation sites excluding steroid dienone is 1. The van der Waals surface area contributed by atoms with E-state index in [0.29, 0.717) is 0 Å². The molecule has 0 fully saturated rings. The number of thioether (sulfide) groups is 1. The van der Waals surface area contributed by atoms with Crippen molar-refractivity contribution in [2.45, 2.75) is 11.3 Å². The number of nitrogens with zero attached hydrogens (tertiary/aromatic N) is 1. The molecule has 0 spiro atoms. The van der Waals surface area contributed by atoms with Crippen LogP contribution in [0.25, 0.3) is 0 Å². The Morgan fingerprint density at radius 2 is 1.88 bits per heavy atom. The fraction of sp³-hybridized carbons (Fsp3) is 0.100. The highest BCUT2D eigenvalue weighted by molar-refractivity contribution is 8.02. The summed E-state index contributed by atoms with van der Waals surface area (Å²) in [6.07, 6.45) is -3.39. The van der Waals surface area contributed by atoms with Crippen LogP contribution in [0.1, 0.15) is 0 Å². The van der Waals surface area contributed by atoms with Crippen molar-refractivity contribution in [1.29, 1.82) is 5.26 Å². The maximum Gasteiger partial charge on any atom is 0.573 e.